The standard InChI is InChI=1S/C23H31F2N5S/c1-17(27-19-15-26-30(16-19)31(2,3)4)20-14-18-8-5-6-9-21(18)28-22(20)29-12-7-10-23(24,25)11-13-29/h14-16,27H,1-3,5-13H2,4H3. The lowest BCUT2D eigenvalue weighted by atomic mass is 9.94. The number of hydrogen-bond donors (Lipinski definition) is 1. The molecule has 1 fully saturated rings. The molecule has 8 heteroatoms. The molecule has 2 aliphatic rings. The highest BCUT2D eigenvalue weighted by atomic mass is 32.2. The zero-order valence-electron chi connectivity index (χ0n) is 18.2. The number of halogens is 2. The Morgan fingerprint density at radius 1 is 1.16 bits per heavy atom. The van der Waals surface area contributed by atoms with Crippen molar-refractivity contribution in [1.29, 1.82) is 0 Å². The van der Waals surface area contributed by atoms with Gasteiger partial charge in [-0.1, -0.05) is 18.3 Å². The number of fused-ring (bicyclic) bond motifs is 1. The Balaban J connectivity index is 1.66. The first-order valence-electron chi connectivity index (χ1n) is 10.7. The van der Waals surface area contributed by atoms with Gasteiger partial charge in [-0.05, 0) is 50.0 Å². The average molecular weight is 448 g/mol. The summed E-state index contributed by atoms with van der Waals surface area (Å²) in [7, 11) is -1.49. The molecule has 0 atom stereocenters. The van der Waals surface area contributed by atoms with Gasteiger partial charge in [0.05, 0.1) is 18.1 Å². The molecule has 168 valence electrons. The topological polar surface area (TPSA) is 46.0 Å². The van der Waals surface area contributed by atoms with Crippen molar-refractivity contribution in [2.45, 2.75) is 50.9 Å². The van der Waals surface area contributed by atoms with E-state index in [0.717, 1.165) is 48.4 Å². The van der Waals surface area contributed by atoms with Crippen LogP contribution in [0.1, 0.15) is 48.9 Å². The minimum absolute atomic E-state index is 0.0701. The average Bonchev–Trinajstić information content (AvgIpc) is 3.11. The van der Waals surface area contributed by atoms with Gasteiger partial charge in [0, 0.05) is 42.9 Å². The largest absolute Gasteiger partial charge is 0.356 e. The number of hydrogen-bond acceptors (Lipinski definition) is 4. The Kier molecular flexibility index (Phi) is 5.85. The van der Waals surface area contributed by atoms with E-state index >= 15 is 0 Å². The molecule has 0 aromatic carbocycles. The van der Waals surface area contributed by atoms with E-state index in [2.05, 4.69) is 34.8 Å². The monoisotopic (exact) mass is 447 g/mol. The molecule has 0 spiro atoms. The number of aryl methyl sites for hydroxylation is 2. The molecule has 1 saturated heterocycles. The van der Waals surface area contributed by atoms with Gasteiger partial charge in [-0.2, -0.15) is 5.10 Å². The van der Waals surface area contributed by atoms with E-state index in [-0.39, 0.29) is 12.8 Å². The van der Waals surface area contributed by atoms with Crippen LogP contribution in [0.5, 0.6) is 0 Å². The van der Waals surface area contributed by atoms with Crippen LogP contribution >= 0.6 is 9.39 Å². The molecule has 0 saturated carbocycles. The predicted molar refractivity (Wildman–Crippen MR) is 130 cm³/mol. The van der Waals surface area contributed by atoms with Crippen LogP contribution in [-0.4, -0.2) is 51.2 Å². The zero-order valence-corrected chi connectivity index (χ0v) is 19.0. The molecule has 0 unspecified atom stereocenters. The van der Waals surface area contributed by atoms with E-state index in [1.165, 1.54) is 5.56 Å². The first-order valence-corrected chi connectivity index (χ1v) is 13.1. The summed E-state index contributed by atoms with van der Waals surface area (Å²) in [6.45, 7) is 5.13. The number of anilines is 2. The van der Waals surface area contributed by atoms with Crippen LogP contribution in [0.4, 0.5) is 20.3 Å². The van der Waals surface area contributed by atoms with Gasteiger partial charge in [0.2, 0.25) is 5.92 Å². The van der Waals surface area contributed by atoms with E-state index < -0.39 is 15.3 Å². The maximum absolute atomic E-state index is 14.0. The second-order valence-electron chi connectivity index (χ2n) is 8.83. The molecule has 1 N–H and O–H groups in total. The molecular formula is C23H31F2N5S. The molecule has 5 nitrogen and oxygen atoms in total. The number of aromatic nitrogens is 3. The third kappa shape index (κ3) is 4.95. The molecular weight excluding hydrogens is 416 g/mol. The molecule has 1 aliphatic heterocycles. The summed E-state index contributed by atoms with van der Waals surface area (Å²) < 4.78 is 29.7. The van der Waals surface area contributed by atoms with E-state index in [4.69, 9.17) is 4.98 Å². The minimum atomic E-state index is -2.61. The molecule has 3 heterocycles. The van der Waals surface area contributed by atoms with Gasteiger partial charge in [0.1, 0.15) is 5.82 Å². The van der Waals surface area contributed by atoms with Crippen molar-refractivity contribution in [3.8, 4) is 0 Å². The lowest BCUT2D eigenvalue weighted by molar-refractivity contribution is -0.0102. The van der Waals surface area contributed by atoms with E-state index in [1.807, 2.05) is 17.4 Å². The number of nitrogens with one attached hydrogen (secondary N) is 1. The second kappa shape index (κ2) is 8.30. The molecule has 0 amide bonds. The summed E-state index contributed by atoms with van der Waals surface area (Å²) in [6, 6.07) is 2.15. The second-order valence-corrected chi connectivity index (χ2v) is 11.6. The van der Waals surface area contributed by atoms with Crippen molar-refractivity contribution < 1.29 is 8.78 Å². The number of alkyl halides is 2. The third-order valence-corrected chi connectivity index (χ3v) is 7.03. The molecule has 2 aromatic rings. The lowest BCUT2D eigenvalue weighted by Gasteiger charge is -2.28. The zero-order chi connectivity index (χ0) is 22.2. The Bertz CT molecular complexity index is 1090. The van der Waals surface area contributed by atoms with Crippen LogP contribution in [0.15, 0.2) is 25.0 Å². The fourth-order valence-electron chi connectivity index (χ4n) is 4.21. The first-order chi connectivity index (χ1) is 14.6. The van der Waals surface area contributed by atoms with Crippen molar-refractivity contribution in [2.75, 3.05) is 29.6 Å². The maximum Gasteiger partial charge on any atom is 0.249 e. The van der Waals surface area contributed by atoms with Crippen LogP contribution < -0.4 is 10.2 Å². The summed E-state index contributed by atoms with van der Waals surface area (Å²) in [5.41, 5.74) is 4.68. The highest BCUT2D eigenvalue weighted by molar-refractivity contribution is 8.25. The van der Waals surface area contributed by atoms with Crippen LogP contribution in [0.2, 0.25) is 0 Å². The smallest absolute Gasteiger partial charge is 0.249 e. The molecule has 0 radical (unpaired) electrons. The van der Waals surface area contributed by atoms with Gasteiger partial charge >= 0.3 is 0 Å². The number of rotatable bonds is 5. The van der Waals surface area contributed by atoms with E-state index in [1.54, 1.807) is 10.3 Å². The quantitative estimate of drug-likeness (QED) is 0.661. The number of nitrogens with zero attached hydrogens (tertiary/aromatic N) is 4. The van der Waals surface area contributed by atoms with Crippen LogP contribution in [0.3, 0.4) is 0 Å². The summed E-state index contributed by atoms with van der Waals surface area (Å²) in [5.74, 6) is 6.31. The van der Waals surface area contributed by atoms with Gasteiger partial charge in [-0.15, -0.1) is 9.39 Å². The van der Waals surface area contributed by atoms with Crippen LogP contribution in [0, 0.1) is 0 Å². The first kappa shape index (κ1) is 21.9. The third-order valence-electron chi connectivity index (χ3n) is 5.93. The predicted octanol–water partition coefficient (Wildman–Crippen LogP) is 4.93. The Labute approximate surface area is 183 Å². The van der Waals surface area contributed by atoms with E-state index in [0.29, 0.717) is 25.2 Å². The van der Waals surface area contributed by atoms with Crippen molar-refractivity contribution >= 4 is 38.3 Å². The number of pyridine rings is 1. The minimum Gasteiger partial charge on any atom is -0.356 e. The van der Waals surface area contributed by atoms with Crippen LogP contribution in [-0.2, 0) is 12.8 Å². The molecule has 4 rings (SSSR count). The molecule has 0 bridgehead atoms. The Morgan fingerprint density at radius 3 is 2.68 bits per heavy atom. The summed E-state index contributed by atoms with van der Waals surface area (Å²) >= 11 is 0. The normalized spacial score (nSPS) is 18.9. The van der Waals surface area contributed by atoms with Gasteiger partial charge < -0.3 is 10.2 Å². The van der Waals surface area contributed by atoms with Gasteiger partial charge in [-0.25, -0.2) is 17.9 Å². The fourth-order valence-corrected chi connectivity index (χ4v) is 4.86. The maximum atomic E-state index is 14.0. The van der Waals surface area contributed by atoms with Crippen molar-refractivity contribution in [1.82, 2.24) is 14.2 Å². The summed E-state index contributed by atoms with van der Waals surface area (Å²) in [5, 5.41) is 7.69. The highest BCUT2D eigenvalue weighted by Gasteiger charge is 2.33. The SMILES string of the molecule is C=C(Nc1cnn(S(=C)(=C)C)c1)c1cc2c(nc1N1CCCC(F)(F)CC1)CCCC2. The lowest BCUT2D eigenvalue weighted by Crippen LogP contribution is -2.28. The molecule has 2 aromatic heterocycles. The molecule has 31 heavy (non-hydrogen) atoms. The summed E-state index contributed by atoms with van der Waals surface area (Å²) in [4.78, 5) is 6.99. The Hall–Kier alpha value is -2.35. The van der Waals surface area contributed by atoms with Gasteiger partial charge in [0.25, 0.3) is 0 Å². The van der Waals surface area contributed by atoms with Crippen molar-refractivity contribution in [3.05, 3.63) is 41.9 Å². The van der Waals surface area contributed by atoms with Gasteiger partial charge in [-0.3, -0.25) is 0 Å². The van der Waals surface area contributed by atoms with Crippen LogP contribution in [0.25, 0.3) is 5.70 Å². The van der Waals surface area contributed by atoms with Crippen molar-refractivity contribution in [3.63, 3.8) is 0 Å². The summed E-state index contributed by atoms with van der Waals surface area (Å²) in [6.07, 6.45) is 9.98. The van der Waals surface area contributed by atoms with Gasteiger partial charge in [0.15, 0.2) is 0 Å². The van der Waals surface area contributed by atoms with E-state index in [9.17, 15) is 8.78 Å². The van der Waals surface area contributed by atoms with Crippen molar-refractivity contribution in [2.24, 2.45) is 0 Å². The highest BCUT2D eigenvalue weighted by Crippen LogP contribution is 2.35. The fraction of sp³-hybridized carbons (Fsp3) is 0.478. The molecule has 1 aliphatic carbocycles. The Morgan fingerprint density at radius 2 is 1.94 bits per heavy atom.